The van der Waals surface area contributed by atoms with Gasteiger partial charge in [0.15, 0.2) is 0 Å². The van der Waals surface area contributed by atoms with Gasteiger partial charge in [0.05, 0.1) is 0 Å². The molecule has 0 bridgehead atoms. The average molecular weight is 355 g/mol. The van der Waals surface area contributed by atoms with Crippen molar-refractivity contribution in [2.24, 2.45) is 17.8 Å². The summed E-state index contributed by atoms with van der Waals surface area (Å²) < 4.78 is 0. The van der Waals surface area contributed by atoms with Crippen molar-refractivity contribution >= 4 is 0 Å². The van der Waals surface area contributed by atoms with Crippen LogP contribution in [0.15, 0.2) is 0 Å². The molecule has 0 radical (unpaired) electrons. The molecule has 1 saturated carbocycles. The van der Waals surface area contributed by atoms with Crippen molar-refractivity contribution in [1.29, 1.82) is 0 Å². The number of unbranched alkanes of at least 4 members (excludes halogenated alkanes) is 1. The maximum Gasteiger partial charge on any atom is 0.0110 e. The highest BCUT2D eigenvalue weighted by Crippen LogP contribution is 2.31. The third kappa shape index (κ3) is 14.7. The van der Waals surface area contributed by atoms with Crippen LogP contribution in [0.4, 0.5) is 0 Å². The van der Waals surface area contributed by atoms with Crippen molar-refractivity contribution in [3.8, 4) is 0 Å². The van der Waals surface area contributed by atoms with E-state index in [1.807, 2.05) is 0 Å². The van der Waals surface area contributed by atoms with Gasteiger partial charge in [0.1, 0.15) is 0 Å². The lowest BCUT2D eigenvalue weighted by atomic mass is 9.79. The molecule has 2 nitrogen and oxygen atoms in total. The van der Waals surface area contributed by atoms with Crippen LogP contribution in [0.2, 0.25) is 0 Å². The van der Waals surface area contributed by atoms with Gasteiger partial charge in [-0.05, 0) is 64.0 Å². The highest BCUT2D eigenvalue weighted by Gasteiger charge is 2.18. The Morgan fingerprint density at radius 3 is 2.00 bits per heavy atom. The second kappa shape index (κ2) is 16.1. The van der Waals surface area contributed by atoms with Crippen LogP contribution in [-0.2, 0) is 0 Å². The SMILES string of the molecule is CC(C)CC1CCC(C)CC1.CCCCNCCN(CCC)C(C)C. The molecular formula is C23H50N2. The average Bonchev–Trinajstić information content (AvgIpc) is 2.56. The molecule has 0 unspecified atom stereocenters. The minimum absolute atomic E-state index is 0.683. The van der Waals surface area contributed by atoms with Gasteiger partial charge >= 0.3 is 0 Å². The lowest BCUT2D eigenvalue weighted by Crippen LogP contribution is -2.37. The van der Waals surface area contributed by atoms with Crippen LogP contribution in [0.5, 0.6) is 0 Å². The Morgan fingerprint density at radius 2 is 1.52 bits per heavy atom. The predicted molar refractivity (Wildman–Crippen MR) is 115 cm³/mol. The second-order valence-corrected chi connectivity index (χ2v) is 8.99. The molecule has 0 aromatic carbocycles. The molecule has 1 N–H and O–H groups in total. The summed E-state index contributed by atoms with van der Waals surface area (Å²) >= 11 is 0. The first-order valence-electron chi connectivity index (χ1n) is 11.3. The third-order valence-electron chi connectivity index (χ3n) is 5.46. The van der Waals surface area contributed by atoms with E-state index in [1.54, 1.807) is 0 Å². The lowest BCUT2D eigenvalue weighted by molar-refractivity contribution is 0.222. The number of hydrogen-bond donors (Lipinski definition) is 1. The Hall–Kier alpha value is -0.0800. The quantitative estimate of drug-likeness (QED) is 0.434. The van der Waals surface area contributed by atoms with Crippen LogP contribution in [-0.4, -0.2) is 37.1 Å². The summed E-state index contributed by atoms with van der Waals surface area (Å²) in [5.41, 5.74) is 0. The van der Waals surface area contributed by atoms with E-state index >= 15 is 0 Å². The first-order valence-corrected chi connectivity index (χ1v) is 11.3. The smallest absolute Gasteiger partial charge is 0.0110 e. The van der Waals surface area contributed by atoms with Crippen molar-refractivity contribution < 1.29 is 0 Å². The van der Waals surface area contributed by atoms with Crippen molar-refractivity contribution in [2.45, 2.75) is 106 Å². The third-order valence-corrected chi connectivity index (χ3v) is 5.46. The first-order chi connectivity index (χ1) is 11.9. The van der Waals surface area contributed by atoms with Gasteiger partial charge in [-0.3, -0.25) is 4.90 Å². The van der Waals surface area contributed by atoms with E-state index in [0.29, 0.717) is 6.04 Å². The van der Waals surface area contributed by atoms with Gasteiger partial charge in [0.25, 0.3) is 0 Å². The molecule has 152 valence electrons. The fourth-order valence-corrected chi connectivity index (χ4v) is 3.80. The fourth-order valence-electron chi connectivity index (χ4n) is 3.80. The number of nitrogens with zero attached hydrogens (tertiary/aromatic N) is 1. The summed E-state index contributed by atoms with van der Waals surface area (Å²) in [5.74, 6) is 2.98. The minimum atomic E-state index is 0.683. The number of hydrogen-bond acceptors (Lipinski definition) is 2. The summed E-state index contributed by atoms with van der Waals surface area (Å²) in [7, 11) is 0. The van der Waals surface area contributed by atoms with Gasteiger partial charge in [-0.15, -0.1) is 0 Å². The fraction of sp³-hybridized carbons (Fsp3) is 1.00. The van der Waals surface area contributed by atoms with E-state index in [0.717, 1.165) is 24.3 Å². The number of nitrogens with one attached hydrogen (secondary N) is 1. The van der Waals surface area contributed by atoms with Crippen LogP contribution >= 0.6 is 0 Å². The van der Waals surface area contributed by atoms with Crippen LogP contribution in [0.25, 0.3) is 0 Å². The van der Waals surface area contributed by atoms with Gasteiger partial charge in [-0.1, -0.05) is 66.7 Å². The van der Waals surface area contributed by atoms with Gasteiger partial charge in [-0.2, -0.15) is 0 Å². The zero-order valence-electron chi connectivity index (χ0n) is 18.7. The van der Waals surface area contributed by atoms with Crippen LogP contribution in [0.3, 0.4) is 0 Å². The van der Waals surface area contributed by atoms with Crippen molar-refractivity contribution in [3.05, 3.63) is 0 Å². The zero-order chi connectivity index (χ0) is 19.1. The van der Waals surface area contributed by atoms with Gasteiger partial charge in [-0.25, -0.2) is 0 Å². The molecule has 0 spiro atoms. The normalized spacial score (nSPS) is 20.9. The molecule has 1 aliphatic rings. The van der Waals surface area contributed by atoms with Crippen molar-refractivity contribution in [1.82, 2.24) is 10.2 Å². The van der Waals surface area contributed by atoms with Crippen molar-refractivity contribution in [3.63, 3.8) is 0 Å². The Labute approximate surface area is 160 Å². The molecule has 1 fully saturated rings. The summed E-state index contributed by atoms with van der Waals surface area (Å²) in [6.07, 6.45) is 11.3. The molecule has 0 amide bonds. The second-order valence-electron chi connectivity index (χ2n) is 8.99. The van der Waals surface area contributed by atoms with Gasteiger partial charge < -0.3 is 5.32 Å². The highest BCUT2D eigenvalue weighted by molar-refractivity contribution is 4.70. The van der Waals surface area contributed by atoms with E-state index < -0.39 is 0 Å². The van der Waals surface area contributed by atoms with Crippen LogP contribution < -0.4 is 5.32 Å². The molecule has 0 aromatic rings. The molecule has 25 heavy (non-hydrogen) atoms. The van der Waals surface area contributed by atoms with Gasteiger partial charge in [0.2, 0.25) is 0 Å². The highest BCUT2D eigenvalue weighted by atomic mass is 15.2. The lowest BCUT2D eigenvalue weighted by Gasteiger charge is -2.27. The molecule has 0 atom stereocenters. The monoisotopic (exact) mass is 354 g/mol. The Balaban J connectivity index is 0.000000472. The topological polar surface area (TPSA) is 15.3 Å². The summed E-state index contributed by atoms with van der Waals surface area (Å²) in [4.78, 5) is 2.54. The molecule has 0 aromatic heterocycles. The Kier molecular flexibility index (Phi) is 16.1. The summed E-state index contributed by atoms with van der Waals surface area (Å²) in [6.45, 7) is 20.9. The van der Waals surface area contributed by atoms with E-state index in [9.17, 15) is 0 Å². The largest absolute Gasteiger partial charge is 0.315 e. The maximum absolute atomic E-state index is 3.49. The van der Waals surface area contributed by atoms with E-state index in [4.69, 9.17) is 0 Å². The maximum atomic E-state index is 3.49. The predicted octanol–water partition coefficient (Wildman–Crippen LogP) is 6.36. The Bertz CT molecular complexity index is 267. The van der Waals surface area contributed by atoms with Gasteiger partial charge in [0, 0.05) is 19.1 Å². The molecule has 1 rings (SSSR count). The van der Waals surface area contributed by atoms with E-state index in [2.05, 4.69) is 58.7 Å². The molecule has 2 heteroatoms. The molecule has 1 aliphatic carbocycles. The molecule has 0 heterocycles. The molecule has 0 aliphatic heterocycles. The van der Waals surface area contributed by atoms with E-state index in [-0.39, 0.29) is 0 Å². The van der Waals surface area contributed by atoms with Crippen LogP contribution in [0.1, 0.15) is 99.8 Å². The summed E-state index contributed by atoms with van der Waals surface area (Å²) in [5, 5.41) is 3.49. The zero-order valence-corrected chi connectivity index (χ0v) is 18.7. The van der Waals surface area contributed by atoms with Crippen molar-refractivity contribution in [2.75, 3.05) is 26.2 Å². The standard InChI is InChI=1S/C12H28N2.C11H22/c1-5-7-8-13-9-11-14(10-6-2)12(3)4;1-9(2)8-11-6-4-10(3)5-7-11/h12-13H,5-11H2,1-4H3;9-11H,4-8H2,1-3H3. The Morgan fingerprint density at radius 1 is 0.880 bits per heavy atom. The minimum Gasteiger partial charge on any atom is -0.315 e. The summed E-state index contributed by atoms with van der Waals surface area (Å²) in [6, 6.07) is 0.683. The molecule has 0 saturated heterocycles. The van der Waals surface area contributed by atoms with E-state index in [1.165, 1.54) is 71.0 Å². The number of rotatable bonds is 11. The molecular weight excluding hydrogens is 304 g/mol. The van der Waals surface area contributed by atoms with Crippen LogP contribution in [0, 0.1) is 17.8 Å². The first kappa shape index (κ1) is 24.9.